The molecule has 0 aliphatic rings. The number of rotatable bonds is 7. The van der Waals surface area contributed by atoms with Crippen LogP contribution in [0.2, 0.25) is 0 Å². The van der Waals surface area contributed by atoms with Crippen LogP contribution in [0.1, 0.15) is 30.7 Å². The molecule has 4 nitrogen and oxygen atoms in total. The minimum atomic E-state index is 0.519. The van der Waals surface area contributed by atoms with Gasteiger partial charge in [0.1, 0.15) is 6.61 Å². The number of hydrogen-bond acceptors (Lipinski definition) is 3. The SMILES string of the molecule is Cc1cc(OCc2ccccc2CCNC(C)C)n[nH]1. The second-order valence-corrected chi connectivity index (χ2v) is 5.31. The van der Waals surface area contributed by atoms with E-state index in [1.54, 1.807) is 0 Å². The monoisotopic (exact) mass is 273 g/mol. The van der Waals surface area contributed by atoms with E-state index in [-0.39, 0.29) is 0 Å². The van der Waals surface area contributed by atoms with Gasteiger partial charge >= 0.3 is 0 Å². The molecule has 2 N–H and O–H groups in total. The fourth-order valence-electron chi connectivity index (χ4n) is 2.06. The van der Waals surface area contributed by atoms with Crippen molar-refractivity contribution in [2.45, 2.75) is 39.8 Å². The molecule has 1 aromatic heterocycles. The maximum atomic E-state index is 5.72. The molecule has 0 atom stereocenters. The van der Waals surface area contributed by atoms with Gasteiger partial charge in [0.25, 0.3) is 0 Å². The maximum absolute atomic E-state index is 5.72. The number of aryl methyl sites for hydroxylation is 1. The highest BCUT2D eigenvalue weighted by atomic mass is 16.5. The molecule has 0 bridgehead atoms. The van der Waals surface area contributed by atoms with Gasteiger partial charge < -0.3 is 10.1 Å². The summed E-state index contributed by atoms with van der Waals surface area (Å²) >= 11 is 0. The van der Waals surface area contributed by atoms with Crippen molar-refractivity contribution in [3.63, 3.8) is 0 Å². The molecular weight excluding hydrogens is 250 g/mol. The summed E-state index contributed by atoms with van der Waals surface area (Å²) in [7, 11) is 0. The van der Waals surface area contributed by atoms with Crippen LogP contribution >= 0.6 is 0 Å². The predicted octanol–water partition coefficient (Wildman–Crippen LogP) is 2.84. The molecule has 1 aromatic carbocycles. The summed E-state index contributed by atoms with van der Waals surface area (Å²) in [4.78, 5) is 0. The highest BCUT2D eigenvalue weighted by molar-refractivity contribution is 5.27. The predicted molar refractivity (Wildman–Crippen MR) is 80.9 cm³/mol. The van der Waals surface area contributed by atoms with Gasteiger partial charge in [-0.15, -0.1) is 5.10 Å². The Hall–Kier alpha value is -1.81. The van der Waals surface area contributed by atoms with Crippen molar-refractivity contribution in [1.82, 2.24) is 15.5 Å². The van der Waals surface area contributed by atoms with Crippen molar-refractivity contribution < 1.29 is 4.74 Å². The van der Waals surface area contributed by atoms with Gasteiger partial charge in [0, 0.05) is 17.8 Å². The minimum Gasteiger partial charge on any atom is -0.472 e. The van der Waals surface area contributed by atoms with Crippen LogP contribution in [-0.4, -0.2) is 22.8 Å². The Balaban J connectivity index is 1.93. The van der Waals surface area contributed by atoms with Gasteiger partial charge in [0.05, 0.1) is 0 Å². The van der Waals surface area contributed by atoms with Crippen molar-refractivity contribution in [2.24, 2.45) is 0 Å². The first-order valence-corrected chi connectivity index (χ1v) is 7.10. The van der Waals surface area contributed by atoms with Crippen molar-refractivity contribution in [3.8, 4) is 5.88 Å². The lowest BCUT2D eigenvalue weighted by molar-refractivity contribution is 0.292. The van der Waals surface area contributed by atoms with E-state index in [2.05, 4.69) is 47.6 Å². The summed E-state index contributed by atoms with van der Waals surface area (Å²) in [5.41, 5.74) is 3.56. The number of aromatic amines is 1. The van der Waals surface area contributed by atoms with Gasteiger partial charge in [0.15, 0.2) is 0 Å². The van der Waals surface area contributed by atoms with Crippen LogP contribution in [0, 0.1) is 6.92 Å². The molecule has 0 saturated heterocycles. The van der Waals surface area contributed by atoms with Gasteiger partial charge in [-0.2, -0.15) is 0 Å². The lowest BCUT2D eigenvalue weighted by atomic mass is 10.1. The zero-order chi connectivity index (χ0) is 14.4. The van der Waals surface area contributed by atoms with Gasteiger partial charge in [-0.05, 0) is 31.0 Å². The molecule has 0 amide bonds. The minimum absolute atomic E-state index is 0.519. The molecule has 2 aromatic rings. The summed E-state index contributed by atoms with van der Waals surface area (Å²) in [5.74, 6) is 0.651. The normalized spacial score (nSPS) is 11.0. The molecule has 0 aliphatic heterocycles. The van der Waals surface area contributed by atoms with E-state index in [4.69, 9.17) is 4.74 Å². The number of ether oxygens (including phenoxy) is 1. The van der Waals surface area contributed by atoms with Crippen LogP contribution in [0.3, 0.4) is 0 Å². The molecule has 108 valence electrons. The van der Waals surface area contributed by atoms with E-state index in [1.807, 2.05) is 19.1 Å². The highest BCUT2D eigenvalue weighted by Crippen LogP contribution is 2.14. The van der Waals surface area contributed by atoms with Crippen molar-refractivity contribution in [3.05, 3.63) is 47.2 Å². The Morgan fingerprint density at radius 2 is 2.00 bits per heavy atom. The Kier molecular flexibility index (Phi) is 5.18. The Labute approximate surface area is 120 Å². The third-order valence-electron chi connectivity index (χ3n) is 3.12. The molecule has 2 rings (SSSR count). The smallest absolute Gasteiger partial charge is 0.233 e. The summed E-state index contributed by atoms with van der Waals surface area (Å²) in [6, 6.07) is 10.8. The molecule has 0 aliphatic carbocycles. The number of nitrogens with zero attached hydrogens (tertiary/aromatic N) is 1. The van der Waals surface area contributed by atoms with Gasteiger partial charge in [-0.25, -0.2) is 0 Å². The van der Waals surface area contributed by atoms with E-state index in [1.165, 1.54) is 11.1 Å². The Bertz CT molecular complexity index is 534. The first-order chi connectivity index (χ1) is 9.65. The first-order valence-electron chi connectivity index (χ1n) is 7.10. The van der Waals surface area contributed by atoms with Crippen LogP contribution in [0.25, 0.3) is 0 Å². The van der Waals surface area contributed by atoms with Crippen molar-refractivity contribution >= 4 is 0 Å². The van der Waals surface area contributed by atoms with Crippen LogP contribution < -0.4 is 10.1 Å². The van der Waals surface area contributed by atoms with E-state index < -0.39 is 0 Å². The maximum Gasteiger partial charge on any atom is 0.233 e. The van der Waals surface area contributed by atoms with Crippen LogP contribution in [0.4, 0.5) is 0 Å². The van der Waals surface area contributed by atoms with Crippen LogP contribution in [-0.2, 0) is 13.0 Å². The standard InChI is InChI=1S/C16H23N3O/c1-12(2)17-9-8-14-6-4-5-7-15(14)11-20-16-10-13(3)18-19-16/h4-7,10,12,17H,8-9,11H2,1-3H3,(H,18,19). The molecule has 1 heterocycles. The van der Waals surface area contributed by atoms with E-state index in [9.17, 15) is 0 Å². The lowest BCUT2D eigenvalue weighted by Gasteiger charge is -2.12. The fourth-order valence-corrected chi connectivity index (χ4v) is 2.06. The Morgan fingerprint density at radius 3 is 2.65 bits per heavy atom. The van der Waals surface area contributed by atoms with Gasteiger partial charge in [-0.1, -0.05) is 38.1 Å². The molecule has 4 heteroatoms. The average molecular weight is 273 g/mol. The fraction of sp³-hybridized carbons (Fsp3) is 0.438. The second kappa shape index (κ2) is 7.10. The molecule has 0 saturated carbocycles. The molecule has 0 spiro atoms. The zero-order valence-electron chi connectivity index (χ0n) is 12.4. The number of hydrogen-bond donors (Lipinski definition) is 2. The zero-order valence-corrected chi connectivity index (χ0v) is 12.4. The van der Waals surface area contributed by atoms with Gasteiger partial charge in [0.2, 0.25) is 5.88 Å². The molecule has 0 radical (unpaired) electrons. The number of nitrogens with one attached hydrogen (secondary N) is 2. The quantitative estimate of drug-likeness (QED) is 0.815. The van der Waals surface area contributed by atoms with Crippen LogP contribution in [0.5, 0.6) is 5.88 Å². The Morgan fingerprint density at radius 1 is 1.25 bits per heavy atom. The third kappa shape index (κ3) is 4.38. The molecular formula is C16H23N3O. The topological polar surface area (TPSA) is 49.9 Å². The first kappa shape index (κ1) is 14.6. The van der Waals surface area contributed by atoms with Crippen LogP contribution in [0.15, 0.2) is 30.3 Å². The highest BCUT2D eigenvalue weighted by Gasteiger charge is 2.05. The number of benzene rings is 1. The van der Waals surface area contributed by atoms with Gasteiger partial charge in [-0.3, -0.25) is 5.10 Å². The third-order valence-corrected chi connectivity index (χ3v) is 3.12. The van der Waals surface area contributed by atoms with E-state index >= 15 is 0 Å². The number of aromatic nitrogens is 2. The lowest BCUT2D eigenvalue weighted by Crippen LogP contribution is -2.25. The van der Waals surface area contributed by atoms with E-state index in [0.717, 1.165) is 18.7 Å². The van der Waals surface area contributed by atoms with Crippen molar-refractivity contribution in [1.29, 1.82) is 0 Å². The summed E-state index contributed by atoms with van der Waals surface area (Å²) in [6.07, 6.45) is 1.01. The summed E-state index contributed by atoms with van der Waals surface area (Å²) < 4.78 is 5.72. The molecule has 20 heavy (non-hydrogen) atoms. The summed E-state index contributed by atoms with van der Waals surface area (Å²) in [6.45, 7) is 7.83. The average Bonchev–Trinajstić information content (AvgIpc) is 2.83. The summed E-state index contributed by atoms with van der Waals surface area (Å²) in [5, 5.41) is 10.4. The van der Waals surface area contributed by atoms with Crippen molar-refractivity contribution in [2.75, 3.05) is 6.54 Å². The second-order valence-electron chi connectivity index (χ2n) is 5.31. The largest absolute Gasteiger partial charge is 0.472 e. The number of H-pyrrole nitrogens is 1. The molecule has 0 fully saturated rings. The van der Waals surface area contributed by atoms with E-state index in [0.29, 0.717) is 18.5 Å². The molecule has 0 unspecified atom stereocenters.